The first-order chi connectivity index (χ1) is 10.1. The molecule has 2 rings (SSSR count). The second kappa shape index (κ2) is 7.31. The van der Waals surface area contributed by atoms with Crippen LogP contribution in [0, 0.1) is 6.92 Å². The number of aliphatic hydroxyl groups excluding tert-OH is 1. The number of rotatable bonds is 4. The number of ether oxygens (including phenoxy) is 1. The van der Waals surface area contributed by atoms with Crippen LogP contribution in [0.25, 0.3) is 0 Å². The van der Waals surface area contributed by atoms with Crippen molar-refractivity contribution in [3.8, 4) is 5.75 Å². The van der Waals surface area contributed by atoms with Gasteiger partial charge in [-0.15, -0.1) is 0 Å². The van der Waals surface area contributed by atoms with E-state index in [1.54, 1.807) is 4.90 Å². The lowest BCUT2D eigenvalue weighted by atomic mass is 10.1. The third-order valence-corrected chi connectivity index (χ3v) is 3.52. The average molecular weight is 292 g/mol. The van der Waals surface area contributed by atoms with E-state index >= 15 is 0 Å². The van der Waals surface area contributed by atoms with Gasteiger partial charge in [-0.25, -0.2) is 4.79 Å². The van der Waals surface area contributed by atoms with Gasteiger partial charge in [-0.2, -0.15) is 0 Å². The van der Waals surface area contributed by atoms with Crippen LogP contribution in [0.2, 0.25) is 0 Å². The van der Waals surface area contributed by atoms with E-state index in [1.807, 2.05) is 32.0 Å². The van der Waals surface area contributed by atoms with Crippen LogP contribution in [-0.4, -0.2) is 41.8 Å². The zero-order chi connectivity index (χ0) is 15.2. The molecule has 5 nitrogen and oxygen atoms in total. The highest BCUT2D eigenvalue weighted by Gasteiger charge is 2.22. The highest BCUT2D eigenvalue weighted by Crippen LogP contribution is 2.26. The lowest BCUT2D eigenvalue weighted by molar-refractivity contribution is 0.0883. The summed E-state index contributed by atoms with van der Waals surface area (Å²) in [4.78, 5) is 13.9. The summed E-state index contributed by atoms with van der Waals surface area (Å²) in [5, 5.41) is 12.5. The zero-order valence-corrected chi connectivity index (χ0v) is 12.8. The van der Waals surface area contributed by atoms with Crippen molar-refractivity contribution in [1.82, 2.24) is 4.90 Å². The fraction of sp³-hybridized carbons (Fsp3) is 0.562. The number of aliphatic hydroxyl groups is 1. The van der Waals surface area contributed by atoms with E-state index in [-0.39, 0.29) is 6.03 Å². The number of hydrogen-bond acceptors (Lipinski definition) is 3. The summed E-state index contributed by atoms with van der Waals surface area (Å²) in [5.74, 6) is 0.697. The molecule has 5 heteroatoms. The van der Waals surface area contributed by atoms with Crippen LogP contribution >= 0.6 is 0 Å². The molecular formula is C16H24N2O3. The Balaban J connectivity index is 2.05. The van der Waals surface area contributed by atoms with Gasteiger partial charge in [0, 0.05) is 13.1 Å². The summed E-state index contributed by atoms with van der Waals surface area (Å²) in [6.07, 6.45) is 2.10. The number of amides is 2. The van der Waals surface area contributed by atoms with E-state index in [9.17, 15) is 9.90 Å². The number of carbonyl (C=O) groups excluding carboxylic acids is 1. The van der Waals surface area contributed by atoms with Gasteiger partial charge < -0.3 is 20.1 Å². The number of likely N-dealkylation sites (tertiary alicyclic amines) is 1. The maximum absolute atomic E-state index is 12.3. The second-order valence-electron chi connectivity index (χ2n) is 5.52. The minimum atomic E-state index is -0.418. The summed E-state index contributed by atoms with van der Waals surface area (Å²) >= 11 is 0. The van der Waals surface area contributed by atoms with Crippen molar-refractivity contribution in [2.45, 2.75) is 39.2 Å². The molecule has 2 amide bonds. The first-order valence-corrected chi connectivity index (χ1v) is 7.57. The van der Waals surface area contributed by atoms with Gasteiger partial charge >= 0.3 is 6.03 Å². The van der Waals surface area contributed by atoms with Crippen LogP contribution in [0.15, 0.2) is 18.2 Å². The Bertz CT molecular complexity index is 490. The lowest BCUT2D eigenvalue weighted by Gasteiger charge is -2.30. The SMILES string of the molecule is CCCOc1cc(C)ccc1NC(=O)N1CCCC(O)C1. The maximum Gasteiger partial charge on any atom is 0.322 e. The molecule has 21 heavy (non-hydrogen) atoms. The van der Waals surface area contributed by atoms with E-state index in [1.165, 1.54) is 0 Å². The molecule has 0 spiro atoms. The molecule has 1 aliphatic heterocycles. The molecule has 2 N–H and O–H groups in total. The summed E-state index contributed by atoms with van der Waals surface area (Å²) in [7, 11) is 0. The Morgan fingerprint density at radius 1 is 1.52 bits per heavy atom. The minimum absolute atomic E-state index is 0.182. The van der Waals surface area contributed by atoms with Crippen LogP contribution in [0.3, 0.4) is 0 Å². The van der Waals surface area contributed by atoms with Crippen molar-refractivity contribution in [2.24, 2.45) is 0 Å². The van der Waals surface area contributed by atoms with Gasteiger partial charge in [-0.05, 0) is 43.9 Å². The molecule has 1 unspecified atom stereocenters. The predicted molar refractivity (Wildman–Crippen MR) is 82.8 cm³/mol. The quantitative estimate of drug-likeness (QED) is 0.897. The monoisotopic (exact) mass is 292 g/mol. The van der Waals surface area contributed by atoms with Crippen molar-refractivity contribution in [3.05, 3.63) is 23.8 Å². The molecule has 1 saturated heterocycles. The molecule has 116 valence electrons. The molecule has 1 heterocycles. The van der Waals surface area contributed by atoms with Gasteiger partial charge in [0.05, 0.1) is 18.4 Å². The number of piperidine rings is 1. The Morgan fingerprint density at radius 3 is 3.05 bits per heavy atom. The van der Waals surface area contributed by atoms with Gasteiger partial charge in [-0.1, -0.05) is 13.0 Å². The van der Waals surface area contributed by atoms with Crippen molar-refractivity contribution < 1.29 is 14.6 Å². The Morgan fingerprint density at radius 2 is 2.33 bits per heavy atom. The van der Waals surface area contributed by atoms with E-state index < -0.39 is 6.10 Å². The van der Waals surface area contributed by atoms with Crippen molar-refractivity contribution in [2.75, 3.05) is 25.0 Å². The molecule has 1 aromatic rings. The van der Waals surface area contributed by atoms with E-state index in [4.69, 9.17) is 4.74 Å². The van der Waals surface area contributed by atoms with E-state index in [2.05, 4.69) is 5.32 Å². The van der Waals surface area contributed by atoms with E-state index in [0.717, 1.165) is 24.8 Å². The smallest absolute Gasteiger partial charge is 0.322 e. The number of urea groups is 1. The molecule has 1 aliphatic rings. The number of hydrogen-bond donors (Lipinski definition) is 2. The Hall–Kier alpha value is -1.75. The third kappa shape index (κ3) is 4.36. The molecule has 1 aromatic carbocycles. The number of nitrogens with zero attached hydrogens (tertiary/aromatic N) is 1. The molecule has 0 radical (unpaired) electrons. The van der Waals surface area contributed by atoms with Gasteiger partial charge in [0.2, 0.25) is 0 Å². The number of nitrogens with one attached hydrogen (secondary N) is 1. The lowest BCUT2D eigenvalue weighted by Crippen LogP contribution is -2.44. The molecule has 0 bridgehead atoms. The number of β-amino-alcohol motifs (C(OH)–C–C–N with tert-alkyl or cyclic N) is 1. The first-order valence-electron chi connectivity index (χ1n) is 7.57. The summed E-state index contributed by atoms with van der Waals surface area (Å²) in [6.45, 7) is 5.73. The van der Waals surface area contributed by atoms with Gasteiger partial charge in [0.1, 0.15) is 5.75 Å². The Kier molecular flexibility index (Phi) is 5.44. The fourth-order valence-electron chi connectivity index (χ4n) is 2.40. The summed E-state index contributed by atoms with van der Waals surface area (Å²) in [5.41, 5.74) is 1.77. The van der Waals surface area contributed by atoms with Gasteiger partial charge in [0.25, 0.3) is 0 Å². The minimum Gasteiger partial charge on any atom is -0.491 e. The van der Waals surface area contributed by atoms with Crippen LogP contribution in [0.5, 0.6) is 5.75 Å². The highest BCUT2D eigenvalue weighted by atomic mass is 16.5. The van der Waals surface area contributed by atoms with Gasteiger partial charge in [0.15, 0.2) is 0 Å². The molecule has 0 aromatic heterocycles. The second-order valence-corrected chi connectivity index (χ2v) is 5.52. The molecular weight excluding hydrogens is 268 g/mol. The predicted octanol–water partition coefficient (Wildman–Crippen LogP) is 2.77. The molecule has 0 aliphatic carbocycles. The number of benzene rings is 1. The fourth-order valence-corrected chi connectivity index (χ4v) is 2.40. The van der Waals surface area contributed by atoms with Crippen LogP contribution in [-0.2, 0) is 0 Å². The molecule has 1 fully saturated rings. The number of aryl methyl sites for hydroxylation is 1. The Labute approximate surface area is 125 Å². The van der Waals surface area contributed by atoms with Crippen molar-refractivity contribution in [3.63, 3.8) is 0 Å². The topological polar surface area (TPSA) is 61.8 Å². The van der Waals surface area contributed by atoms with Gasteiger partial charge in [-0.3, -0.25) is 0 Å². The van der Waals surface area contributed by atoms with Crippen LogP contribution < -0.4 is 10.1 Å². The standard InChI is InChI=1S/C16H24N2O3/c1-3-9-21-15-10-12(2)6-7-14(15)17-16(20)18-8-4-5-13(19)11-18/h6-7,10,13,19H,3-5,8-9,11H2,1-2H3,(H,17,20). The molecule has 0 saturated carbocycles. The number of carbonyl (C=O) groups is 1. The highest BCUT2D eigenvalue weighted by molar-refractivity contribution is 5.91. The first kappa shape index (κ1) is 15.6. The third-order valence-electron chi connectivity index (χ3n) is 3.52. The molecule has 1 atom stereocenters. The summed E-state index contributed by atoms with van der Waals surface area (Å²) in [6, 6.07) is 5.55. The summed E-state index contributed by atoms with van der Waals surface area (Å²) < 4.78 is 5.69. The van der Waals surface area contributed by atoms with Crippen molar-refractivity contribution in [1.29, 1.82) is 0 Å². The largest absolute Gasteiger partial charge is 0.491 e. The zero-order valence-electron chi connectivity index (χ0n) is 12.8. The van der Waals surface area contributed by atoms with E-state index in [0.29, 0.717) is 31.1 Å². The maximum atomic E-state index is 12.3. The normalized spacial score (nSPS) is 18.4. The number of anilines is 1. The van der Waals surface area contributed by atoms with Crippen LogP contribution in [0.1, 0.15) is 31.7 Å². The average Bonchev–Trinajstić information content (AvgIpc) is 2.47. The van der Waals surface area contributed by atoms with Crippen LogP contribution in [0.4, 0.5) is 10.5 Å². The van der Waals surface area contributed by atoms with Crippen molar-refractivity contribution >= 4 is 11.7 Å².